The fourth-order valence-corrected chi connectivity index (χ4v) is 3.00. The van der Waals surface area contributed by atoms with Gasteiger partial charge >= 0.3 is 0 Å². The molecule has 0 rings (SSSR count). The number of hydrogen-bond acceptors (Lipinski definition) is 3. The summed E-state index contributed by atoms with van der Waals surface area (Å²) in [5, 5.41) is 0. The lowest BCUT2D eigenvalue weighted by Gasteiger charge is -2.11. The summed E-state index contributed by atoms with van der Waals surface area (Å²) in [5.41, 5.74) is 5.32. The van der Waals surface area contributed by atoms with Crippen molar-refractivity contribution < 1.29 is 8.42 Å². The van der Waals surface area contributed by atoms with Crippen LogP contribution in [0.1, 0.15) is 39.5 Å². The Morgan fingerprint density at radius 1 is 1.33 bits per heavy atom. The van der Waals surface area contributed by atoms with E-state index in [1.54, 1.807) is 0 Å². The monoisotopic (exact) mass is 236 g/mol. The second kappa shape index (κ2) is 8.07. The number of unbranched alkanes of at least 4 members (excludes halogenated alkanes) is 1. The van der Waals surface area contributed by atoms with Gasteiger partial charge in [0.1, 0.15) is 0 Å². The average molecular weight is 236 g/mol. The van der Waals surface area contributed by atoms with E-state index in [1.807, 2.05) is 6.92 Å². The summed E-state index contributed by atoms with van der Waals surface area (Å²) in [6.07, 6.45) is 3.68. The van der Waals surface area contributed by atoms with Crippen LogP contribution in [0.4, 0.5) is 0 Å². The lowest BCUT2D eigenvalue weighted by Crippen LogP contribution is -2.30. The van der Waals surface area contributed by atoms with Crippen molar-refractivity contribution in [3.63, 3.8) is 0 Å². The quantitative estimate of drug-likeness (QED) is 0.588. The number of sulfonamides is 1. The van der Waals surface area contributed by atoms with E-state index in [9.17, 15) is 8.42 Å². The van der Waals surface area contributed by atoms with Crippen LogP contribution in [0, 0.1) is 5.92 Å². The van der Waals surface area contributed by atoms with Crippen LogP contribution in [0.5, 0.6) is 0 Å². The molecule has 15 heavy (non-hydrogen) atoms. The molecule has 3 N–H and O–H groups in total. The van der Waals surface area contributed by atoms with Gasteiger partial charge in [-0.25, -0.2) is 13.1 Å². The predicted molar refractivity (Wildman–Crippen MR) is 64.1 cm³/mol. The van der Waals surface area contributed by atoms with E-state index in [2.05, 4.69) is 11.6 Å². The van der Waals surface area contributed by atoms with Gasteiger partial charge in [0.2, 0.25) is 10.0 Å². The normalized spacial score (nSPS) is 14.1. The highest BCUT2D eigenvalue weighted by molar-refractivity contribution is 7.89. The summed E-state index contributed by atoms with van der Waals surface area (Å²) in [4.78, 5) is 0. The van der Waals surface area contributed by atoms with Crippen molar-refractivity contribution >= 4 is 10.0 Å². The van der Waals surface area contributed by atoms with Gasteiger partial charge in [0.15, 0.2) is 0 Å². The van der Waals surface area contributed by atoms with Gasteiger partial charge in [-0.1, -0.05) is 20.3 Å². The second-order valence-corrected chi connectivity index (χ2v) is 5.92. The van der Waals surface area contributed by atoms with Crippen molar-refractivity contribution in [2.75, 3.05) is 18.8 Å². The molecule has 0 aromatic heterocycles. The van der Waals surface area contributed by atoms with Crippen LogP contribution in [0.3, 0.4) is 0 Å². The SMILES string of the molecule is CCCC(C)CS(=O)(=O)NCCCCN. The van der Waals surface area contributed by atoms with E-state index < -0.39 is 10.0 Å². The van der Waals surface area contributed by atoms with Crippen molar-refractivity contribution in [1.29, 1.82) is 0 Å². The molecule has 4 nitrogen and oxygen atoms in total. The standard InChI is InChI=1S/C10H24N2O2S/c1-3-6-10(2)9-15(13,14)12-8-5-4-7-11/h10,12H,3-9,11H2,1-2H3. The summed E-state index contributed by atoms with van der Waals surface area (Å²) in [6.45, 7) is 5.17. The molecule has 0 aromatic rings. The molecule has 1 atom stereocenters. The third-order valence-corrected chi connectivity index (χ3v) is 3.89. The molecule has 0 spiro atoms. The molecule has 0 radical (unpaired) electrons. The Kier molecular flexibility index (Phi) is 8.00. The minimum atomic E-state index is -3.07. The molecule has 92 valence electrons. The van der Waals surface area contributed by atoms with E-state index >= 15 is 0 Å². The van der Waals surface area contributed by atoms with Crippen molar-refractivity contribution in [1.82, 2.24) is 4.72 Å². The van der Waals surface area contributed by atoms with Crippen molar-refractivity contribution in [3.05, 3.63) is 0 Å². The first-order valence-electron chi connectivity index (χ1n) is 5.69. The van der Waals surface area contributed by atoms with Crippen LogP contribution >= 0.6 is 0 Å². The molecule has 0 amide bonds. The van der Waals surface area contributed by atoms with Gasteiger partial charge in [0, 0.05) is 6.54 Å². The van der Waals surface area contributed by atoms with E-state index in [0.717, 1.165) is 25.7 Å². The van der Waals surface area contributed by atoms with E-state index in [-0.39, 0.29) is 11.7 Å². The zero-order valence-corrected chi connectivity index (χ0v) is 10.6. The second-order valence-electron chi connectivity index (χ2n) is 4.07. The molecule has 5 heteroatoms. The fraction of sp³-hybridized carbons (Fsp3) is 1.00. The highest BCUT2D eigenvalue weighted by Crippen LogP contribution is 2.07. The molecule has 0 saturated carbocycles. The number of nitrogens with one attached hydrogen (secondary N) is 1. The summed E-state index contributed by atoms with van der Waals surface area (Å²) < 4.78 is 25.7. The van der Waals surface area contributed by atoms with Gasteiger partial charge in [-0.3, -0.25) is 0 Å². The average Bonchev–Trinajstić information content (AvgIpc) is 2.12. The Bertz CT molecular complexity index is 240. The maximum absolute atomic E-state index is 11.5. The summed E-state index contributed by atoms with van der Waals surface area (Å²) in [6, 6.07) is 0. The molecule has 0 aromatic carbocycles. The first-order valence-corrected chi connectivity index (χ1v) is 7.34. The maximum Gasteiger partial charge on any atom is 0.211 e. The van der Waals surface area contributed by atoms with Gasteiger partial charge in [-0.05, 0) is 31.7 Å². The van der Waals surface area contributed by atoms with Gasteiger partial charge in [0.25, 0.3) is 0 Å². The van der Waals surface area contributed by atoms with Gasteiger partial charge in [-0.2, -0.15) is 0 Å². The van der Waals surface area contributed by atoms with E-state index in [0.29, 0.717) is 13.1 Å². The molecular weight excluding hydrogens is 212 g/mol. The smallest absolute Gasteiger partial charge is 0.211 e. The lowest BCUT2D eigenvalue weighted by molar-refractivity contribution is 0.534. The fourth-order valence-electron chi connectivity index (χ4n) is 1.51. The molecule has 0 aliphatic carbocycles. The van der Waals surface area contributed by atoms with Crippen LogP contribution in [0.15, 0.2) is 0 Å². The van der Waals surface area contributed by atoms with E-state index in [1.165, 1.54) is 0 Å². The molecular formula is C10H24N2O2S. The molecule has 0 saturated heterocycles. The number of hydrogen-bond donors (Lipinski definition) is 2. The van der Waals surface area contributed by atoms with Crippen molar-refractivity contribution in [3.8, 4) is 0 Å². The first-order chi connectivity index (χ1) is 7.02. The Hall–Kier alpha value is -0.130. The highest BCUT2D eigenvalue weighted by Gasteiger charge is 2.13. The molecule has 0 fully saturated rings. The lowest BCUT2D eigenvalue weighted by atomic mass is 10.1. The van der Waals surface area contributed by atoms with Crippen LogP contribution in [-0.2, 0) is 10.0 Å². The largest absolute Gasteiger partial charge is 0.330 e. The Morgan fingerprint density at radius 3 is 2.53 bits per heavy atom. The zero-order valence-electron chi connectivity index (χ0n) is 9.83. The van der Waals surface area contributed by atoms with Crippen molar-refractivity contribution in [2.45, 2.75) is 39.5 Å². The van der Waals surface area contributed by atoms with Gasteiger partial charge in [0.05, 0.1) is 5.75 Å². The van der Waals surface area contributed by atoms with E-state index in [4.69, 9.17) is 5.73 Å². The maximum atomic E-state index is 11.5. The third kappa shape index (κ3) is 8.84. The van der Waals surface area contributed by atoms with Crippen molar-refractivity contribution in [2.24, 2.45) is 11.7 Å². The van der Waals surface area contributed by atoms with Gasteiger partial charge in [-0.15, -0.1) is 0 Å². The summed E-state index contributed by atoms with van der Waals surface area (Å²) in [7, 11) is -3.07. The van der Waals surface area contributed by atoms with Crippen LogP contribution in [-0.4, -0.2) is 27.3 Å². The summed E-state index contributed by atoms with van der Waals surface area (Å²) >= 11 is 0. The Balaban J connectivity index is 3.76. The minimum absolute atomic E-state index is 0.238. The van der Waals surface area contributed by atoms with Gasteiger partial charge < -0.3 is 5.73 Å². The number of rotatable bonds is 9. The van der Waals surface area contributed by atoms with Crippen LogP contribution in [0.25, 0.3) is 0 Å². The first kappa shape index (κ1) is 14.9. The third-order valence-electron chi connectivity index (χ3n) is 2.24. The molecule has 0 bridgehead atoms. The minimum Gasteiger partial charge on any atom is -0.330 e. The molecule has 0 heterocycles. The highest BCUT2D eigenvalue weighted by atomic mass is 32.2. The topological polar surface area (TPSA) is 72.2 Å². The molecule has 0 aliphatic heterocycles. The molecule has 1 unspecified atom stereocenters. The molecule has 0 aliphatic rings. The van der Waals surface area contributed by atoms with Crippen LogP contribution in [0.2, 0.25) is 0 Å². The Morgan fingerprint density at radius 2 is 2.00 bits per heavy atom. The zero-order chi connectivity index (χ0) is 11.7. The van der Waals surface area contributed by atoms with Crippen LogP contribution < -0.4 is 10.5 Å². The number of nitrogens with two attached hydrogens (primary N) is 1. The Labute approximate surface area is 93.7 Å². The predicted octanol–water partition coefficient (Wildman–Crippen LogP) is 1.08. The summed E-state index contributed by atoms with van der Waals surface area (Å²) in [5.74, 6) is 0.478.